The predicted molar refractivity (Wildman–Crippen MR) is 90.3 cm³/mol. The molecule has 2 N–H and O–H groups in total. The molecule has 0 spiro atoms. The van der Waals surface area contributed by atoms with Crippen LogP contribution >= 0.6 is 11.8 Å². The van der Waals surface area contributed by atoms with Gasteiger partial charge in [-0.05, 0) is 19.1 Å². The van der Waals surface area contributed by atoms with E-state index in [0.717, 1.165) is 13.1 Å². The summed E-state index contributed by atoms with van der Waals surface area (Å²) in [7, 11) is 0. The minimum atomic E-state index is -1.15. The summed E-state index contributed by atoms with van der Waals surface area (Å²) >= 11 is 1.47. The van der Waals surface area contributed by atoms with E-state index in [2.05, 4.69) is 5.32 Å². The van der Waals surface area contributed by atoms with Gasteiger partial charge in [-0.2, -0.15) is 0 Å². The van der Waals surface area contributed by atoms with E-state index in [-0.39, 0.29) is 10.9 Å². The average molecular weight is 351 g/mol. The van der Waals surface area contributed by atoms with Gasteiger partial charge < -0.3 is 20.2 Å². The van der Waals surface area contributed by atoms with Gasteiger partial charge in [0.25, 0.3) is 0 Å². The third-order valence-corrected chi connectivity index (χ3v) is 6.30. The maximum absolute atomic E-state index is 14.6. The number of rotatable bonds is 2. The van der Waals surface area contributed by atoms with Crippen molar-refractivity contribution in [1.29, 1.82) is 0 Å². The van der Waals surface area contributed by atoms with Crippen LogP contribution in [0.2, 0.25) is 0 Å². The lowest BCUT2D eigenvalue weighted by Gasteiger charge is -2.53. The summed E-state index contributed by atoms with van der Waals surface area (Å²) in [4.78, 5) is 28.0. The molecule has 0 aliphatic carbocycles. The fourth-order valence-electron chi connectivity index (χ4n) is 3.69. The van der Waals surface area contributed by atoms with Gasteiger partial charge in [0.15, 0.2) is 5.78 Å². The van der Waals surface area contributed by atoms with Crippen molar-refractivity contribution in [1.82, 2.24) is 5.32 Å². The normalized spacial score (nSPS) is 28.9. The van der Waals surface area contributed by atoms with Crippen LogP contribution in [-0.2, 0) is 4.79 Å². The first-order valence-corrected chi connectivity index (χ1v) is 8.93. The largest absolute Gasteiger partial charge is 0.481 e. The molecule has 0 radical (unpaired) electrons. The lowest BCUT2D eigenvalue weighted by molar-refractivity contribution is -0.140. The van der Waals surface area contributed by atoms with E-state index in [0.29, 0.717) is 24.5 Å². The zero-order valence-corrected chi connectivity index (χ0v) is 14.0. The fourth-order valence-corrected chi connectivity index (χ4v) is 5.10. The second-order valence-electron chi connectivity index (χ2n) is 6.27. The van der Waals surface area contributed by atoms with Gasteiger partial charge in [0.05, 0.1) is 22.1 Å². The highest BCUT2D eigenvalue weighted by molar-refractivity contribution is 8.02. The van der Waals surface area contributed by atoms with Crippen molar-refractivity contribution < 1.29 is 19.1 Å². The van der Waals surface area contributed by atoms with Gasteiger partial charge >= 0.3 is 5.97 Å². The van der Waals surface area contributed by atoms with Gasteiger partial charge in [0.1, 0.15) is 11.7 Å². The molecular weight excluding hydrogens is 333 g/mol. The summed E-state index contributed by atoms with van der Waals surface area (Å²) in [6, 6.07) is 2.94. The highest BCUT2D eigenvalue weighted by Crippen LogP contribution is 2.51. The van der Waals surface area contributed by atoms with Crippen molar-refractivity contribution in [3.05, 3.63) is 23.5 Å². The molecular formula is C16H18FN3O3S. The number of piperazine rings is 1. The van der Waals surface area contributed by atoms with E-state index in [1.54, 1.807) is 6.07 Å². The number of carbonyl (C=O) groups excluding carboxylic acids is 1. The zero-order valence-electron chi connectivity index (χ0n) is 13.2. The van der Waals surface area contributed by atoms with Crippen LogP contribution in [-0.4, -0.2) is 53.8 Å². The number of carbonyl (C=O) groups is 2. The Morgan fingerprint density at radius 2 is 2.04 bits per heavy atom. The van der Waals surface area contributed by atoms with Crippen LogP contribution in [0.4, 0.5) is 15.8 Å². The van der Waals surface area contributed by atoms with Gasteiger partial charge in [-0.3, -0.25) is 9.59 Å². The van der Waals surface area contributed by atoms with Crippen LogP contribution in [0, 0.1) is 11.7 Å². The van der Waals surface area contributed by atoms with Gasteiger partial charge in [0, 0.05) is 31.7 Å². The van der Waals surface area contributed by atoms with Crippen LogP contribution in [0.3, 0.4) is 0 Å². The standard InChI is InChI=1S/C16H18FN3O3S/c1-8-20-11-7-12(19-4-2-18-3-5-19)10(17)6-9(11)14(21)13(16(22)23)15(20)24-8/h6-8,13,15,18H,2-5H2,1H3,(H,22,23)/t8-,13+,15-/m0/s1. The number of thioether (sulfide) groups is 1. The van der Waals surface area contributed by atoms with E-state index in [1.165, 1.54) is 17.8 Å². The Morgan fingerprint density at radius 3 is 2.67 bits per heavy atom. The number of fused-ring (bicyclic) bond motifs is 3. The average Bonchev–Trinajstić information content (AvgIpc) is 2.55. The predicted octanol–water partition coefficient (Wildman–Crippen LogP) is 1.36. The van der Waals surface area contributed by atoms with Gasteiger partial charge in [-0.1, -0.05) is 0 Å². The summed E-state index contributed by atoms with van der Waals surface area (Å²) in [5.74, 6) is -3.24. The van der Waals surface area contributed by atoms with E-state index >= 15 is 0 Å². The molecule has 0 bridgehead atoms. The number of hydrogen-bond donors (Lipinski definition) is 2. The molecule has 3 heterocycles. The lowest BCUT2D eigenvalue weighted by atomic mass is 9.89. The smallest absolute Gasteiger partial charge is 0.317 e. The quantitative estimate of drug-likeness (QED) is 0.780. The van der Waals surface area contributed by atoms with Gasteiger partial charge in [0.2, 0.25) is 0 Å². The molecule has 1 aromatic carbocycles. The Bertz CT molecular complexity index is 723. The SMILES string of the molecule is C[C@@H]1S[C@H]2[C@H](C(=O)O)C(=O)c3cc(F)c(N4CCNCC4)cc3N12. The van der Waals surface area contributed by atoms with Gasteiger partial charge in [-0.15, -0.1) is 11.8 Å². The van der Waals surface area contributed by atoms with Crippen molar-refractivity contribution in [2.45, 2.75) is 17.7 Å². The monoisotopic (exact) mass is 351 g/mol. The van der Waals surface area contributed by atoms with E-state index in [4.69, 9.17) is 0 Å². The number of hydrogen-bond acceptors (Lipinski definition) is 6. The number of nitrogens with one attached hydrogen (secondary N) is 1. The molecule has 6 nitrogen and oxygen atoms in total. The second kappa shape index (κ2) is 5.63. The molecule has 4 rings (SSSR count). The number of anilines is 2. The number of benzene rings is 1. The van der Waals surface area contributed by atoms with Crippen LogP contribution in [0.25, 0.3) is 0 Å². The molecule has 3 atom stereocenters. The minimum Gasteiger partial charge on any atom is -0.481 e. The molecule has 2 saturated heterocycles. The molecule has 2 fully saturated rings. The fraction of sp³-hybridized carbons (Fsp3) is 0.500. The summed E-state index contributed by atoms with van der Waals surface area (Å²) < 4.78 is 14.6. The maximum Gasteiger partial charge on any atom is 0.317 e. The third-order valence-electron chi connectivity index (χ3n) is 4.90. The maximum atomic E-state index is 14.6. The number of carboxylic acids is 1. The van der Waals surface area contributed by atoms with E-state index in [9.17, 15) is 19.1 Å². The summed E-state index contributed by atoms with van der Waals surface area (Å²) in [6.45, 7) is 4.95. The van der Waals surface area contributed by atoms with E-state index < -0.39 is 28.9 Å². The Morgan fingerprint density at radius 1 is 1.33 bits per heavy atom. The highest BCUT2D eigenvalue weighted by Gasteiger charge is 2.53. The molecule has 1 aromatic rings. The number of aliphatic carboxylic acids is 1. The Labute approximate surface area is 143 Å². The topological polar surface area (TPSA) is 72.9 Å². The van der Waals surface area contributed by atoms with Crippen LogP contribution in [0.15, 0.2) is 12.1 Å². The Balaban J connectivity index is 1.79. The number of nitrogens with zero attached hydrogens (tertiary/aromatic N) is 2. The summed E-state index contributed by atoms with van der Waals surface area (Å²) in [6.07, 6.45) is 0. The molecule has 0 aromatic heterocycles. The summed E-state index contributed by atoms with van der Waals surface area (Å²) in [5.41, 5.74) is 1.32. The molecule has 0 saturated carbocycles. The van der Waals surface area contributed by atoms with Crippen LogP contribution in [0.1, 0.15) is 17.3 Å². The van der Waals surface area contributed by atoms with Crippen LogP contribution < -0.4 is 15.1 Å². The van der Waals surface area contributed by atoms with Gasteiger partial charge in [-0.25, -0.2) is 4.39 Å². The lowest BCUT2D eigenvalue weighted by Crippen LogP contribution is -2.60. The number of ketones is 1. The third kappa shape index (κ3) is 2.20. The zero-order chi connectivity index (χ0) is 17.0. The molecule has 3 aliphatic heterocycles. The number of Topliss-reactive ketones (excluding diaryl/α,β-unsaturated/α-hetero) is 1. The van der Waals surface area contributed by atoms with Crippen molar-refractivity contribution in [2.75, 3.05) is 36.0 Å². The Hall–Kier alpha value is -1.80. The first kappa shape index (κ1) is 15.7. The first-order chi connectivity index (χ1) is 11.5. The van der Waals surface area contributed by atoms with Crippen molar-refractivity contribution in [3.8, 4) is 0 Å². The van der Waals surface area contributed by atoms with Crippen LogP contribution in [0.5, 0.6) is 0 Å². The molecule has 8 heteroatoms. The second-order valence-corrected chi connectivity index (χ2v) is 7.71. The summed E-state index contributed by atoms with van der Waals surface area (Å²) in [5, 5.41) is 12.3. The highest BCUT2D eigenvalue weighted by atomic mass is 32.2. The molecule has 3 aliphatic rings. The minimum absolute atomic E-state index is 0.0741. The number of carboxylic acid groups (broad SMARTS) is 1. The first-order valence-electron chi connectivity index (χ1n) is 7.99. The van der Waals surface area contributed by atoms with Crippen molar-refractivity contribution in [2.24, 2.45) is 5.92 Å². The molecule has 0 amide bonds. The molecule has 24 heavy (non-hydrogen) atoms. The van der Waals surface area contributed by atoms with Crippen molar-refractivity contribution in [3.63, 3.8) is 0 Å². The molecule has 0 unspecified atom stereocenters. The number of halogens is 1. The van der Waals surface area contributed by atoms with Crippen molar-refractivity contribution >= 4 is 34.9 Å². The van der Waals surface area contributed by atoms with E-state index in [1.807, 2.05) is 16.7 Å². The molecule has 128 valence electrons. The Kier molecular flexibility index (Phi) is 3.69.